The Labute approximate surface area is 119 Å². The summed E-state index contributed by atoms with van der Waals surface area (Å²) in [5.41, 5.74) is 0.619. The number of halogens is 2. The molecule has 1 aromatic rings. The van der Waals surface area contributed by atoms with Crippen LogP contribution in [0.4, 0.5) is 5.69 Å². The maximum Gasteiger partial charge on any atom is 0.227 e. The molecule has 1 heterocycles. The number of benzene rings is 1. The van der Waals surface area contributed by atoms with Crippen molar-refractivity contribution in [1.29, 1.82) is 0 Å². The second-order valence-electron chi connectivity index (χ2n) is 4.07. The first-order chi connectivity index (χ1) is 8.65. The zero-order valence-electron chi connectivity index (χ0n) is 9.71. The number of carbonyl (C=O) groups is 1. The van der Waals surface area contributed by atoms with Gasteiger partial charge in [-0.15, -0.1) is 0 Å². The summed E-state index contributed by atoms with van der Waals surface area (Å²) in [4.78, 5) is 11.8. The van der Waals surface area contributed by atoms with Gasteiger partial charge in [0, 0.05) is 17.6 Å². The van der Waals surface area contributed by atoms with E-state index in [2.05, 4.69) is 26.6 Å². The highest BCUT2D eigenvalue weighted by molar-refractivity contribution is 9.10. The molecular weight excluding hydrogens is 320 g/mol. The van der Waals surface area contributed by atoms with E-state index in [4.69, 9.17) is 16.3 Å². The van der Waals surface area contributed by atoms with Crippen LogP contribution in [-0.4, -0.2) is 31.7 Å². The molecule has 0 saturated carbocycles. The molecule has 1 aromatic carbocycles. The van der Waals surface area contributed by atoms with Crippen LogP contribution in [0.3, 0.4) is 0 Å². The van der Waals surface area contributed by atoms with Crippen LogP contribution >= 0.6 is 27.5 Å². The van der Waals surface area contributed by atoms with Gasteiger partial charge in [-0.3, -0.25) is 4.79 Å². The van der Waals surface area contributed by atoms with Gasteiger partial charge < -0.3 is 15.4 Å². The number of rotatable bonds is 3. The maximum absolute atomic E-state index is 11.8. The molecule has 1 atom stereocenters. The summed E-state index contributed by atoms with van der Waals surface area (Å²) >= 11 is 9.34. The number of ether oxygens (including phenoxy) is 1. The van der Waals surface area contributed by atoms with E-state index in [1.807, 2.05) is 6.07 Å². The molecule has 0 spiro atoms. The van der Waals surface area contributed by atoms with E-state index < -0.39 is 0 Å². The standard InChI is InChI=1S/C12H14BrClN2O2/c13-8-1-2-11(10(14)5-8)16-12(17)6-9-7-15-3-4-18-9/h1-2,5,9,15H,3-4,6-7H2,(H,16,17). The van der Waals surface area contributed by atoms with E-state index >= 15 is 0 Å². The third-order valence-corrected chi connectivity index (χ3v) is 3.43. The molecule has 1 saturated heterocycles. The molecule has 1 aliphatic heterocycles. The normalized spacial score (nSPS) is 19.6. The van der Waals surface area contributed by atoms with Gasteiger partial charge in [-0.2, -0.15) is 0 Å². The summed E-state index contributed by atoms with van der Waals surface area (Å²) in [6, 6.07) is 5.35. The molecule has 1 unspecified atom stereocenters. The summed E-state index contributed by atoms with van der Waals surface area (Å²) in [7, 11) is 0. The summed E-state index contributed by atoms with van der Waals surface area (Å²) in [6.45, 7) is 2.20. The average molecular weight is 334 g/mol. The predicted molar refractivity (Wildman–Crippen MR) is 75.0 cm³/mol. The van der Waals surface area contributed by atoms with Gasteiger partial charge in [0.15, 0.2) is 0 Å². The van der Waals surface area contributed by atoms with Gasteiger partial charge in [-0.1, -0.05) is 27.5 Å². The molecule has 4 nitrogen and oxygen atoms in total. The zero-order chi connectivity index (χ0) is 13.0. The van der Waals surface area contributed by atoms with Crippen LogP contribution in [0.5, 0.6) is 0 Å². The van der Waals surface area contributed by atoms with Crippen molar-refractivity contribution >= 4 is 39.1 Å². The van der Waals surface area contributed by atoms with Crippen molar-refractivity contribution in [1.82, 2.24) is 5.32 Å². The molecule has 1 amide bonds. The molecule has 0 aromatic heterocycles. The Morgan fingerprint density at radius 2 is 2.44 bits per heavy atom. The molecule has 2 rings (SSSR count). The Balaban J connectivity index is 1.90. The predicted octanol–water partition coefficient (Wildman–Crippen LogP) is 2.42. The van der Waals surface area contributed by atoms with Crippen LogP contribution in [0.2, 0.25) is 5.02 Å². The Bertz CT molecular complexity index is 436. The quantitative estimate of drug-likeness (QED) is 0.893. The van der Waals surface area contributed by atoms with Crippen molar-refractivity contribution in [3.63, 3.8) is 0 Å². The molecule has 1 fully saturated rings. The van der Waals surface area contributed by atoms with Gasteiger partial charge in [0.05, 0.1) is 29.8 Å². The highest BCUT2D eigenvalue weighted by Gasteiger charge is 2.17. The van der Waals surface area contributed by atoms with Crippen LogP contribution in [0.15, 0.2) is 22.7 Å². The van der Waals surface area contributed by atoms with Crippen LogP contribution < -0.4 is 10.6 Å². The van der Waals surface area contributed by atoms with E-state index in [9.17, 15) is 4.79 Å². The number of nitrogens with one attached hydrogen (secondary N) is 2. The third-order valence-electron chi connectivity index (χ3n) is 2.62. The van der Waals surface area contributed by atoms with Crippen molar-refractivity contribution < 1.29 is 9.53 Å². The molecular formula is C12H14BrClN2O2. The Kier molecular flexibility index (Phi) is 5.00. The van der Waals surface area contributed by atoms with E-state index in [0.717, 1.165) is 11.0 Å². The van der Waals surface area contributed by atoms with Gasteiger partial charge in [-0.05, 0) is 18.2 Å². The summed E-state index contributed by atoms with van der Waals surface area (Å²) < 4.78 is 6.35. The van der Waals surface area contributed by atoms with Gasteiger partial charge in [0.2, 0.25) is 5.91 Å². The van der Waals surface area contributed by atoms with Gasteiger partial charge >= 0.3 is 0 Å². The largest absolute Gasteiger partial charge is 0.375 e. The van der Waals surface area contributed by atoms with Crippen LogP contribution in [0, 0.1) is 0 Å². The van der Waals surface area contributed by atoms with E-state index in [-0.39, 0.29) is 12.0 Å². The number of hydrogen-bond donors (Lipinski definition) is 2. The zero-order valence-corrected chi connectivity index (χ0v) is 12.1. The molecule has 0 aliphatic carbocycles. The lowest BCUT2D eigenvalue weighted by molar-refractivity contribution is -0.119. The van der Waals surface area contributed by atoms with Gasteiger partial charge in [-0.25, -0.2) is 0 Å². The second kappa shape index (κ2) is 6.52. The summed E-state index contributed by atoms with van der Waals surface area (Å²) in [5.74, 6) is -0.0899. The molecule has 6 heteroatoms. The van der Waals surface area contributed by atoms with Crippen molar-refractivity contribution in [2.45, 2.75) is 12.5 Å². The molecule has 0 bridgehead atoms. The van der Waals surface area contributed by atoms with Gasteiger partial charge in [0.1, 0.15) is 0 Å². The minimum absolute atomic E-state index is 0.0621. The minimum Gasteiger partial charge on any atom is -0.375 e. The summed E-state index contributed by atoms with van der Waals surface area (Å²) in [6.07, 6.45) is 0.271. The maximum atomic E-state index is 11.8. The first-order valence-corrected chi connectivity index (χ1v) is 6.89. The van der Waals surface area contributed by atoms with Crippen molar-refractivity contribution in [3.8, 4) is 0 Å². The number of hydrogen-bond acceptors (Lipinski definition) is 3. The highest BCUT2D eigenvalue weighted by atomic mass is 79.9. The average Bonchev–Trinajstić information content (AvgIpc) is 2.34. The molecule has 1 aliphatic rings. The molecule has 18 heavy (non-hydrogen) atoms. The Hall–Kier alpha value is -0.620. The van der Waals surface area contributed by atoms with Crippen molar-refractivity contribution in [3.05, 3.63) is 27.7 Å². The fourth-order valence-corrected chi connectivity index (χ4v) is 2.47. The lowest BCUT2D eigenvalue weighted by Gasteiger charge is -2.23. The second-order valence-corrected chi connectivity index (χ2v) is 5.40. The fraction of sp³-hybridized carbons (Fsp3) is 0.417. The number of amides is 1. The summed E-state index contributed by atoms with van der Waals surface area (Å²) in [5, 5.41) is 6.49. The number of carbonyl (C=O) groups excluding carboxylic acids is 1. The van der Waals surface area contributed by atoms with Crippen LogP contribution in [0.25, 0.3) is 0 Å². The highest BCUT2D eigenvalue weighted by Crippen LogP contribution is 2.25. The van der Waals surface area contributed by atoms with Crippen molar-refractivity contribution in [2.24, 2.45) is 0 Å². The number of anilines is 1. The number of morpholine rings is 1. The lowest BCUT2D eigenvalue weighted by Crippen LogP contribution is -2.40. The van der Waals surface area contributed by atoms with Crippen molar-refractivity contribution in [2.75, 3.05) is 25.0 Å². The Morgan fingerprint density at radius 1 is 1.61 bits per heavy atom. The fourth-order valence-electron chi connectivity index (χ4n) is 1.75. The van der Waals surface area contributed by atoms with E-state index in [0.29, 0.717) is 30.3 Å². The lowest BCUT2D eigenvalue weighted by atomic mass is 10.2. The van der Waals surface area contributed by atoms with Gasteiger partial charge in [0.25, 0.3) is 0 Å². The monoisotopic (exact) mass is 332 g/mol. The molecule has 2 N–H and O–H groups in total. The first kappa shape index (κ1) is 13.8. The molecule has 0 radical (unpaired) electrons. The third kappa shape index (κ3) is 3.95. The molecule has 98 valence electrons. The van der Waals surface area contributed by atoms with E-state index in [1.165, 1.54) is 0 Å². The smallest absolute Gasteiger partial charge is 0.227 e. The SMILES string of the molecule is O=C(CC1CNCCO1)Nc1ccc(Br)cc1Cl. The van der Waals surface area contributed by atoms with Crippen LogP contribution in [-0.2, 0) is 9.53 Å². The minimum atomic E-state index is -0.0899. The Morgan fingerprint density at radius 3 is 3.11 bits per heavy atom. The topological polar surface area (TPSA) is 50.4 Å². The first-order valence-electron chi connectivity index (χ1n) is 5.72. The van der Waals surface area contributed by atoms with Crippen LogP contribution in [0.1, 0.15) is 6.42 Å². The van der Waals surface area contributed by atoms with E-state index in [1.54, 1.807) is 12.1 Å².